The molecule has 0 aromatic heterocycles. The molecule has 76 valence electrons. The van der Waals surface area contributed by atoms with Gasteiger partial charge in [-0.1, -0.05) is 0 Å². The number of ether oxygens (including phenoxy) is 1. The van der Waals surface area contributed by atoms with Gasteiger partial charge in [-0.15, -0.1) is 0 Å². The monoisotopic (exact) mass is 191 g/mol. The van der Waals surface area contributed by atoms with E-state index >= 15 is 0 Å². The second kappa shape index (κ2) is 3.59. The highest BCUT2D eigenvalue weighted by molar-refractivity contribution is 5.79. The fourth-order valence-corrected chi connectivity index (χ4v) is 1.29. The van der Waals surface area contributed by atoms with Gasteiger partial charge in [0.25, 0.3) is 0 Å². The van der Waals surface area contributed by atoms with Crippen molar-refractivity contribution >= 4 is 5.91 Å². The molecule has 0 aromatic rings. The topological polar surface area (TPSA) is 113 Å². The quantitative estimate of drug-likeness (QED) is 0.361. The Morgan fingerprint density at radius 2 is 1.77 bits per heavy atom. The SMILES string of the molecule is C[C@H]1O[C@H](C(N)=O)[C@H](O)[C@@H](O)[C@H]1O. The van der Waals surface area contributed by atoms with Crippen molar-refractivity contribution in [2.45, 2.75) is 37.4 Å². The fourth-order valence-electron chi connectivity index (χ4n) is 1.29. The lowest BCUT2D eigenvalue weighted by Crippen LogP contribution is -2.60. The van der Waals surface area contributed by atoms with Gasteiger partial charge in [-0.05, 0) is 6.92 Å². The summed E-state index contributed by atoms with van der Waals surface area (Å²) in [5.74, 6) is -0.856. The molecule has 1 fully saturated rings. The van der Waals surface area contributed by atoms with Crippen molar-refractivity contribution in [3.05, 3.63) is 0 Å². The number of nitrogens with two attached hydrogens (primary N) is 1. The molecule has 5 N–H and O–H groups in total. The van der Waals surface area contributed by atoms with E-state index in [0.29, 0.717) is 0 Å². The number of carbonyl (C=O) groups excluding carboxylic acids is 1. The number of carbonyl (C=O) groups is 1. The Bertz CT molecular complexity index is 209. The van der Waals surface area contributed by atoms with Crippen LogP contribution in [0.3, 0.4) is 0 Å². The summed E-state index contributed by atoms with van der Waals surface area (Å²) in [6.07, 6.45) is -6.06. The normalized spacial score (nSPS) is 46.0. The third kappa shape index (κ3) is 1.80. The van der Waals surface area contributed by atoms with Crippen LogP contribution in [0.15, 0.2) is 0 Å². The van der Waals surface area contributed by atoms with Gasteiger partial charge >= 0.3 is 0 Å². The smallest absolute Gasteiger partial charge is 0.249 e. The molecule has 0 saturated carbocycles. The number of aliphatic hydroxyl groups is 3. The Hall–Kier alpha value is -0.690. The first kappa shape index (κ1) is 10.4. The minimum Gasteiger partial charge on any atom is -0.388 e. The van der Waals surface area contributed by atoms with Crippen molar-refractivity contribution in [2.75, 3.05) is 0 Å². The van der Waals surface area contributed by atoms with Crippen molar-refractivity contribution in [2.24, 2.45) is 5.73 Å². The van der Waals surface area contributed by atoms with Crippen molar-refractivity contribution < 1.29 is 24.9 Å². The first-order valence-corrected chi connectivity index (χ1v) is 3.94. The number of primary amides is 1. The highest BCUT2D eigenvalue weighted by atomic mass is 16.5. The van der Waals surface area contributed by atoms with Gasteiger partial charge < -0.3 is 25.8 Å². The Kier molecular flexibility index (Phi) is 2.87. The van der Waals surface area contributed by atoms with Crippen LogP contribution in [-0.2, 0) is 9.53 Å². The highest BCUT2D eigenvalue weighted by Crippen LogP contribution is 2.20. The van der Waals surface area contributed by atoms with E-state index in [9.17, 15) is 20.1 Å². The van der Waals surface area contributed by atoms with Crippen molar-refractivity contribution in [1.82, 2.24) is 0 Å². The van der Waals surface area contributed by atoms with E-state index in [-0.39, 0.29) is 0 Å². The summed E-state index contributed by atoms with van der Waals surface area (Å²) in [5.41, 5.74) is 4.91. The second-order valence-electron chi connectivity index (χ2n) is 3.14. The Balaban J connectivity index is 2.76. The van der Waals surface area contributed by atoms with Gasteiger partial charge in [0.15, 0.2) is 6.10 Å². The lowest BCUT2D eigenvalue weighted by atomic mass is 9.95. The van der Waals surface area contributed by atoms with E-state index in [0.717, 1.165) is 0 Å². The molecule has 0 aliphatic carbocycles. The van der Waals surface area contributed by atoms with Gasteiger partial charge in [0.1, 0.15) is 18.3 Å². The summed E-state index contributed by atoms with van der Waals surface area (Å²) in [5, 5.41) is 27.7. The molecule has 1 heterocycles. The molecule has 0 radical (unpaired) electrons. The zero-order valence-electron chi connectivity index (χ0n) is 7.12. The number of hydrogen-bond donors (Lipinski definition) is 4. The zero-order valence-corrected chi connectivity index (χ0v) is 7.12. The molecule has 1 rings (SSSR count). The van der Waals surface area contributed by atoms with Crippen LogP contribution in [0.25, 0.3) is 0 Å². The summed E-state index contributed by atoms with van der Waals surface area (Å²) in [6.45, 7) is 1.48. The average molecular weight is 191 g/mol. The van der Waals surface area contributed by atoms with Gasteiger partial charge in [0, 0.05) is 0 Å². The van der Waals surface area contributed by atoms with Gasteiger partial charge in [-0.25, -0.2) is 0 Å². The molecule has 5 atom stereocenters. The first-order valence-electron chi connectivity index (χ1n) is 3.94. The zero-order chi connectivity index (χ0) is 10.2. The van der Waals surface area contributed by atoms with E-state index in [4.69, 9.17) is 10.5 Å². The van der Waals surface area contributed by atoms with Crippen LogP contribution in [0.1, 0.15) is 6.92 Å². The maximum absolute atomic E-state index is 10.7. The van der Waals surface area contributed by atoms with E-state index < -0.39 is 36.4 Å². The molecular weight excluding hydrogens is 178 g/mol. The van der Waals surface area contributed by atoms with Crippen LogP contribution in [-0.4, -0.2) is 51.7 Å². The molecule has 6 nitrogen and oxygen atoms in total. The molecule has 13 heavy (non-hydrogen) atoms. The standard InChI is InChI=1S/C7H13NO5/c1-2-3(9)4(10)5(11)6(13-2)7(8)12/h2-6,9-11H,1H3,(H2,8,12)/t2-,3+,4+,5-,6+/m1/s1. The number of rotatable bonds is 1. The molecule has 1 amide bonds. The largest absolute Gasteiger partial charge is 0.388 e. The lowest BCUT2D eigenvalue weighted by Gasteiger charge is -2.37. The molecule has 0 spiro atoms. The second-order valence-corrected chi connectivity index (χ2v) is 3.14. The summed E-state index contributed by atoms with van der Waals surface area (Å²) >= 11 is 0. The maximum Gasteiger partial charge on any atom is 0.249 e. The van der Waals surface area contributed by atoms with Gasteiger partial charge in [-0.3, -0.25) is 4.79 Å². The summed E-state index contributed by atoms with van der Waals surface area (Å²) in [4.78, 5) is 10.7. The molecule has 0 bridgehead atoms. The van der Waals surface area contributed by atoms with Gasteiger partial charge in [0.2, 0.25) is 5.91 Å². The van der Waals surface area contributed by atoms with Crippen LogP contribution < -0.4 is 5.73 Å². The third-order valence-corrected chi connectivity index (χ3v) is 2.13. The molecule has 0 unspecified atom stereocenters. The van der Waals surface area contributed by atoms with E-state index in [1.165, 1.54) is 6.92 Å². The van der Waals surface area contributed by atoms with E-state index in [2.05, 4.69) is 0 Å². The molecule has 1 aliphatic heterocycles. The maximum atomic E-state index is 10.7. The molecule has 1 saturated heterocycles. The van der Waals surface area contributed by atoms with Crippen LogP contribution in [0.5, 0.6) is 0 Å². The van der Waals surface area contributed by atoms with Gasteiger partial charge in [0.05, 0.1) is 6.10 Å². The van der Waals surface area contributed by atoms with Crippen molar-refractivity contribution in [3.63, 3.8) is 0 Å². The van der Waals surface area contributed by atoms with Gasteiger partial charge in [-0.2, -0.15) is 0 Å². The average Bonchev–Trinajstić information content (AvgIpc) is 2.07. The third-order valence-electron chi connectivity index (χ3n) is 2.13. The molecule has 0 aromatic carbocycles. The molecular formula is C7H13NO5. The first-order chi connectivity index (χ1) is 5.95. The van der Waals surface area contributed by atoms with Crippen molar-refractivity contribution in [1.29, 1.82) is 0 Å². The predicted octanol–water partition coefficient (Wildman–Crippen LogP) is -2.66. The fraction of sp³-hybridized carbons (Fsp3) is 0.857. The minimum atomic E-state index is -1.47. The summed E-state index contributed by atoms with van der Waals surface area (Å²) in [7, 11) is 0. The number of aliphatic hydroxyl groups excluding tert-OH is 3. The summed E-state index contributed by atoms with van der Waals surface area (Å²) < 4.78 is 4.91. The predicted molar refractivity (Wildman–Crippen MR) is 41.5 cm³/mol. The van der Waals surface area contributed by atoms with Crippen LogP contribution in [0.4, 0.5) is 0 Å². The lowest BCUT2D eigenvalue weighted by molar-refractivity contribution is -0.214. The van der Waals surface area contributed by atoms with Crippen molar-refractivity contribution in [3.8, 4) is 0 Å². The Morgan fingerprint density at radius 1 is 1.23 bits per heavy atom. The van der Waals surface area contributed by atoms with Crippen LogP contribution >= 0.6 is 0 Å². The Morgan fingerprint density at radius 3 is 2.23 bits per heavy atom. The highest BCUT2D eigenvalue weighted by Gasteiger charge is 2.44. The molecule has 1 aliphatic rings. The van der Waals surface area contributed by atoms with E-state index in [1.807, 2.05) is 0 Å². The van der Waals surface area contributed by atoms with Crippen LogP contribution in [0.2, 0.25) is 0 Å². The van der Waals surface area contributed by atoms with E-state index in [1.54, 1.807) is 0 Å². The number of hydrogen-bond acceptors (Lipinski definition) is 5. The minimum absolute atomic E-state index is 0.726. The summed E-state index contributed by atoms with van der Waals surface area (Å²) in [6, 6.07) is 0. The molecule has 6 heteroatoms. The van der Waals surface area contributed by atoms with Crippen LogP contribution in [0, 0.1) is 0 Å². The Labute approximate surface area is 74.9 Å². The number of amides is 1.